The molecule has 0 aliphatic rings. The van der Waals surface area contributed by atoms with Gasteiger partial charge in [-0.3, -0.25) is 0 Å². The molecule has 0 N–H and O–H groups in total. The van der Waals surface area contributed by atoms with Crippen molar-refractivity contribution < 1.29 is 18.9 Å². The maximum atomic E-state index is 5.49. The fourth-order valence-corrected chi connectivity index (χ4v) is 1.28. The van der Waals surface area contributed by atoms with Crippen molar-refractivity contribution in [3.63, 3.8) is 0 Å². The number of rotatable bonds is 4. The quantitative estimate of drug-likeness (QED) is 0.792. The SMILES string of the molecule is COc1nc(Cl)nc(OC)n1.COc1nc(Cl)nc(OC)n1. The van der Waals surface area contributed by atoms with Crippen molar-refractivity contribution in [2.24, 2.45) is 0 Å². The first-order chi connectivity index (χ1) is 10.5. The Morgan fingerprint density at radius 2 is 0.727 bits per heavy atom. The summed E-state index contributed by atoms with van der Waals surface area (Å²) in [4.78, 5) is 22.0. The van der Waals surface area contributed by atoms with E-state index in [1.165, 1.54) is 28.4 Å². The second kappa shape index (κ2) is 8.95. The summed E-state index contributed by atoms with van der Waals surface area (Å²) in [5, 5.41) is 0.0994. The summed E-state index contributed by atoms with van der Waals surface area (Å²) < 4.78 is 18.8. The summed E-state index contributed by atoms with van der Waals surface area (Å²) in [5.74, 6) is 0. The van der Waals surface area contributed by atoms with E-state index in [0.29, 0.717) is 0 Å². The summed E-state index contributed by atoms with van der Waals surface area (Å²) in [5.41, 5.74) is 0. The van der Waals surface area contributed by atoms with E-state index >= 15 is 0 Å². The highest BCUT2D eigenvalue weighted by Crippen LogP contribution is 2.12. The number of hydrogen-bond acceptors (Lipinski definition) is 10. The molecule has 0 fully saturated rings. The van der Waals surface area contributed by atoms with E-state index in [-0.39, 0.29) is 34.6 Å². The zero-order chi connectivity index (χ0) is 16.5. The highest BCUT2D eigenvalue weighted by molar-refractivity contribution is 6.28. The van der Waals surface area contributed by atoms with Gasteiger partial charge in [0, 0.05) is 0 Å². The van der Waals surface area contributed by atoms with Crippen LogP contribution in [0.1, 0.15) is 0 Å². The van der Waals surface area contributed by atoms with E-state index in [2.05, 4.69) is 29.9 Å². The molecule has 0 radical (unpaired) electrons. The minimum Gasteiger partial charge on any atom is -0.467 e. The molecule has 2 heterocycles. The standard InChI is InChI=1S/2C5H6ClN3O2/c2*1-10-4-7-3(6)8-5(9-4)11-2/h2*1-2H3. The lowest BCUT2D eigenvalue weighted by molar-refractivity contribution is 0.339. The third-order valence-corrected chi connectivity index (χ3v) is 2.20. The van der Waals surface area contributed by atoms with E-state index in [4.69, 9.17) is 42.1 Å². The third-order valence-electron chi connectivity index (χ3n) is 1.86. The van der Waals surface area contributed by atoms with Crippen LogP contribution in [0.25, 0.3) is 0 Å². The van der Waals surface area contributed by atoms with Gasteiger partial charge < -0.3 is 18.9 Å². The van der Waals surface area contributed by atoms with Crippen LogP contribution in [0.3, 0.4) is 0 Å². The molecule has 0 spiro atoms. The minimum absolute atomic E-state index is 0.0497. The molecular weight excluding hydrogens is 339 g/mol. The van der Waals surface area contributed by atoms with Crippen molar-refractivity contribution in [2.75, 3.05) is 28.4 Å². The van der Waals surface area contributed by atoms with Gasteiger partial charge in [0.1, 0.15) is 0 Å². The Labute approximate surface area is 135 Å². The van der Waals surface area contributed by atoms with E-state index in [9.17, 15) is 0 Å². The molecule has 0 unspecified atom stereocenters. The Hall–Kier alpha value is -2.20. The second-order valence-electron chi connectivity index (χ2n) is 3.16. The van der Waals surface area contributed by atoms with Gasteiger partial charge in [-0.1, -0.05) is 0 Å². The van der Waals surface area contributed by atoms with Gasteiger partial charge in [0.2, 0.25) is 10.6 Å². The molecule has 0 saturated heterocycles. The fourth-order valence-electron chi connectivity index (χ4n) is 0.994. The van der Waals surface area contributed by atoms with Gasteiger partial charge >= 0.3 is 24.0 Å². The number of hydrogen-bond donors (Lipinski definition) is 0. The van der Waals surface area contributed by atoms with Crippen molar-refractivity contribution in [3.8, 4) is 24.0 Å². The number of methoxy groups -OCH3 is 4. The van der Waals surface area contributed by atoms with Crippen molar-refractivity contribution in [3.05, 3.63) is 10.6 Å². The molecule has 0 aromatic carbocycles. The Morgan fingerprint density at radius 1 is 0.500 bits per heavy atom. The molecule has 2 aromatic heterocycles. The molecule has 0 atom stereocenters. The van der Waals surface area contributed by atoms with Gasteiger partial charge in [0.15, 0.2) is 0 Å². The molecule has 0 amide bonds. The molecule has 2 aromatic rings. The fraction of sp³-hybridized carbons (Fsp3) is 0.400. The molecular formula is C10H12Cl2N6O4. The van der Waals surface area contributed by atoms with Gasteiger partial charge in [0.05, 0.1) is 28.4 Å². The normalized spacial score (nSPS) is 9.36. The number of ether oxygens (including phenoxy) is 4. The van der Waals surface area contributed by atoms with E-state index in [1.54, 1.807) is 0 Å². The molecule has 0 aliphatic carbocycles. The van der Waals surface area contributed by atoms with Gasteiger partial charge in [-0.05, 0) is 23.2 Å². The van der Waals surface area contributed by atoms with Gasteiger partial charge in [-0.25, -0.2) is 0 Å². The van der Waals surface area contributed by atoms with Crippen LogP contribution >= 0.6 is 23.2 Å². The number of halogens is 2. The van der Waals surface area contributed by atoms with E-state index in [0.717, 1.165) is 0 Å². The monoisotopic (exact) mass is 350 g/mol. The summed E-state index contributed by atoms with van der Waals surface area (Å²) in [6.07, 6.45) is 0. The van der Waals surface area contributed by atoms with Gasteiger partial charge in [-0.2, -0.15) is 19.9 Å². The first-order valence-corrected chi connectivity index (χ1v) is 6.27. The smallest absolute Gasteiger partial charge is 0.323 e. The summed E-state index contributed by atoms with van der Waals surface area (Å²) in [7, 11) is 5.74. The molecule has 0 aliphatic heterocycles. The van der Waals surface area contributed by atoms with Crippen molar-refractivity contribution in [1.29, 1.82) is 0 Å². The number of aromatic nitrogens is 6. The highest BCUT2D eigenvalue weighted by Gasteiger charge is 2.04. The average molecular weight is 351 g/mol. The summed E-state index contributed by atoms with van der Waals surface area (Å²) in [6, 6.07) is 0.562. The predicted octanol–water partition coefficient (Wildman–Crippen LogP) is 1.08. The van der Waals surface area contributed by atoms with E-state index in [1.807, 2.05) is 0 Å². The number of nitrogens with zero attached hydrogens (tertiary/aromatic N) is 6. The lowest BCUT2D eigenvalue weighted by Crippen LogP contribution is -1.98. The lowest BCUT2D eigenvalue weighted by Gasteiger charge is -1.99. The Morgan fingerprint density at radius 3 is 0.909 bits per heavy atom. The maximum absolute atomic E-state index is 5.49. The first-order valence-electron chi connectivity index (χ1n) is 5.51. The maximum Gasteiger partial charge on any atom is 0.323 e. The van der Waals surface area contributed by atoms with Crippen LogP contribution in [0.2, 0.25) is 10.6 Å². The Bertz CT molecular complexity index is 520. The zero-order valence-electron chi connectivity index (χ0n) is 12.1. The van der Waals surface area contributed by atoms with Crippen LogP contribution in [-0.2, 0) is 0 Å². The van der Waals surface area contributed by atoms with Crippen LogP contribution in [0, 0.1) is 0 Å². The zero-order valence-corrected chi connectivity index (χ0v) is 13.6. The van der Waals surface area contributed by atoms with E-state index < -0.39 is 0 Å². The van der Waals surface area contributed by atoms with Crippen LogP contribution in [0.15, 0.2) is 0 Å². The molecule has 0 saturated carbocycles. The largest absolute Gasteiger partial charge is 0.467 e. The lowest BCUT2D eigenvalue weighted by atomic mass is 11.0. The molecule has 10 nitrogen and oxygen atoms in total. The third kappa shape index (κ3) is 5.66. The molecule has 120 valence electrons. The van der Waals surface area contributed by atoms with Crippen LogP contribution < -0.4 is 18.9 Å². The highest BCUT2D eigenvalue weighted by atomic mass is 35.5. The van der Waals surface area contributed by atoms with Crippen LogP contribution in [-0.4, -0.2) is 58.3 Å². The average Bonchev–Trinajstić information content (AvgIpc) is 2.53. The second-order valence-corrected chi connectivity index (χ2v) is 3.83. The minimum atomic E-state index is 0.0497. The molecule has 12 heteroatoms. The van der Waals surface area contributed by atoms with Gasteiger partial charge in [0.25, 0.3) is 0 Å². The van der Waals surface area contributed by atoms with Crippen LogP contribution in [0.4, 0.5) is 0 Å². The van der Waals surface area contributed by atoms with Gasteiger partial charge in [-0.15, -0.1) is 9.97 Å². The first kappa shape index (κ1) is 17.9. The van der Waals surface area contributed by atoms with Crippen LogP contribution in [0.5, 0.6) is 24.0 Å². The summed E-state index contributed by atoms with van der Waals surface area (Å²) >= 11 is 11.0. The molecule has 22 heavy (non-hydrogen) atoms. The topological polar surface area (TPSA) is 114 Å². The van der Waals surface area contributed by atoms with Crippen molar-refractivity contribution in [2.45, 2.75) is 0 Å². The molecule has 0 bridgehead atoms. The Balaban J connectivity index is 0.000000220. The van der Waals surface area contributed by atoms with Crippen molar-refractivity contribution in [1.82, 2.24) is 29.9 Å². The molecule has 2 rings (SSSR count). The van der Waals surface area contributed by atoms with Crippen molar-refractivity contribution >= 4 is 23.2 Å². The predicted molar refractivity (Wildman–Crippen MR) is 75.9 cm³/mol. The Kier molecular flexibility index (Phi) is 7.26. The summed E-state index contributed by atoms with van der Waals surface area (Å²) in [6.45, 7) is 0.